The van der Waals surface area contributed by atoms with E-state index in [-0.39, 0.29) is 5.91 Å². The number of ether oxygens (including phenoxy) is 1. The van der Waals surface area contributed by atoms with Gasteiger partial charge in [-0.2, -0.15) is 5.10 Å². The lowest BCUT2D eigenvalue weighted by Crippen LogP contribution is -2.17. The van der Waals surface area contributed by atoms with Crippen LogP contribution < -0.4 is 10.2 Å². The van der Waals surface area contributed by atoms with Gasteiger partial charge in [0.1, 0.15) is 5.75 Å². The van der Waals surface area contributed by atoms with E-state index in [1.54, 1.807) is 42.5 Å². The van der Waals surface area contributed by atoms with Crippen molar-refractivity contribution in [1.29, 1.82) is 0 Å². The van der Waals surface area contributed by atoms with Gasteiger partial charge in [0.15, 0.2) is 0 Å². The Hall–Kier alpha value is -2.04. The molecule has 126 valence electrons. The number of benzene rings is 2. The van der Waals surface area contributed by atoms with Gasteiger partial charge in [0.05, 0.1) is 22.9 Å². The van der Waals surface area contributed by atoms with Crippen molar-refractivity contribution in [2.24, 2.45) is 5.10 Å². The molecule has 4 nitrogen and oxygen atoms in total. The number of halogens is 2. The zero-order chi connectivity index (χ0) is 17.4. The largest absolute Gasteiger partial charge is 0.494 e. The molecular weight excluding hydrogens is 347 g/mol. The number of rotatable bonds is 7. The summed E-state index contributed by atoms with van der Waals surface area (Å²) in [7, 11) is 0. The van der Waals surface area contributed by atoms with Crippen LogP contribution in [0.4, 0.5) is 0 Å². The third kappa shape index (κ3) is 5.25. The zero-order valence-electron chi connectivity index (χ0n) is 13.3. The molecule has 0 radical (unpaired) electrons. The number of carbonyl (C=O) groups is 1. The summed E-state index contributed by atoms with van der Waals surface area (Å²) in [6.07, 6.45) is 3.50. The third-order valence-corrected chi connectivity index (χ3v) is 3.90. The lowest BCUT2D eigenvalue weighted by molar-refractivity contribution is 0.0955. The molecule has 0 saturated heterocycles. The van der Waals surface area contributed by atoms with E-state index in [1.807, 2.05) is 0 Å². The molecule has 2 aromatic rings. The highest BCUT2D eigenvalue weighted by Crippen LogP contribution is 2.22. The Morgan fingerprint density at radius 2 is 1.83 bits per heavy atom. The molecule has 0 aliphatic rings. The Kier molecular flexibility index (Phi) is 7.09. The van der Waals surface area contributed by atoms with Gasteiger partial charge in [-0.25, -0.2) is 5.43 Å². The van der Waals surface area contributed by atoms with Crippen LogP contribution in [0.25, 0.3) is 0 Å². The first-order chi connectivity index (χ1) is 11.6. The van der Waals surface area contributed by atoms with Crippen molar-refractivity contribution in [3.05, 3.63) is 63.6 Å². The van der Waals surface area contributed by atoms with E-state index in [2.05, 4.69) is 17.5 Å². The summed E-state index contributed by atoms with van der Waals surface area (Å²) in [6, 6.07) is 12.0. The number of hydrazone groups is 1. The van der Waals surface area contributed by atoms with Crippen molar-refractivity contribution in [2.75, 3.05) is 6.61 Å². The van der Waals surface area contributed by atoms with Crippen LogP contribution >= 0.6 is 23.2 Å². The van der Waals surface area contributed by atoms with E-state index in [0.29, 0.717) is 27.8 Å². The molecule has 6 heteroatoms. The van der Waals surface area contributed by atoms with Crippen LogP contribution in [0, 0.1) is 0 Å². The summed E-state index contributed by atoms with van der Waals surface area (Å²) in [5.74, 6) is 0.417. The van der Waals surface area contributed by atoms with Gasteiger partial charge in [0.25, 0.3) is 5.91 Å². The molecule has 24 heavy (non-hydrogen) atoms. The predicted molar refractivity (Wildman–Crippen MR) is 98.4 cm³/mol. The molecule has 0 atom stereocenters. The van der Waals surface area contributed by atoms with E-state index in [0.717, 1.165) is 18.6 Å². The van der Waals surface area contributed by atoms with Gasteiger partial charge in [0, 0.05) is 11.1 Å². The van der Waals surface area contributed by atoms with Crippen LogP contribution in [0.1, 0.15) is 35.7 Å². The highest BCUT2D eigenvalue weighted by Gasteiger charge is 2.05. The molecule has 0 aromatic heterocycles. The van der Waals surface area contributed by atoms with Crippen LogP contribution in [0.2, 0.25) is 10.0 Å². The molecule has 2 rings (SSSR count). The van der Waals surface area contributed by atoms with Crippen LogP contribution in [0.3, 0.4) is 0 Å². The number of hydrogen-bond donors (Lipinski definition) is 1. The lowest BCUT2D eigenvalue weighted by atomic mass is 10.2. The summed E-state index contributed by atoms with van der Waals surface area (Å²) < 4.78 is 5.56. The molecule has 1 amide bonds. The van der Waals surface area contributed by atoms with Gasteiger partial charge in [-0.15, -0.1) is 0 Å². The van der Waals surface area contributed by atoms with Crippen LogP contribution in [0.15, 0.2) is 47.6 Å². The average molecular weight is 365 g/mol. The van der Waals surface area contributed by atoms with E-state index in [9.17, 15) is 4.79 Å². The standard InChI is InChI=1S/C18H18Cl2N2O2/c1-2-3-11-24-14-9-7-13(8-10-14)18(23)22-21-12-15-16(19)5-4-6-17(15)20/h4-10,12H,2-3,11H2,1H3,(H,22,23). The molecule has 0 heterocycles. The Balaban J connectivity index is 1.94. The normalized spacial score (nSPS) is 10.8. The molecule has 1 N–H and O–H groups in total. The second-order valence-electron chi connectivity index (χ2n) is 5.06. The van der Waals surface area contributed by atoms with Gasteiger partial charge in [0.2, 0.25) is 0 Å². The average Bonchev–Trinajstić information content (AvgIpc) is 2.58. The Morgan fingerprint density at radius 1 is 1.17 bits per heavy atom. The van der Waals surface area contributed by atoms with E-state index >= 15 is 0 Å². The van der Waals surface area contributed by atoms with Crippen LogP contribution in [0.5, 0.6) is 5.75 Å². The molecular formula is C18H18Cl2N2O2. The summed E-state index contributed by atoms with van der Waals surface area (Å²) in [5.41, 5.74) is 3.49. The van der Waals surface area contributed by atoms with Gasteiger partial charge in [-0.05, 0) is 42.8 Å². The number of carbonyl (C=O) groups excluding carboxylic acids is 1. The lowest BCUT2D eigenvalue weighted by Gasteiger charge is -2.06. The highest BCUT2D eigenvalue weighted by molar-refractivity contribution is 6.38. The molecule has 0 saturated carbocycles. The first-order valence-electron chi connectivity index (χ1n) is 7.62. The van der Waals surface area contributed by atoms with Crippen LogP contribution in [-0.4, -0.2) is 18.7 Å². The Bertz CT molecular complexity index is 695. The van der Waals surface area contributed by atoms with Gasteiger partial charge in [-0.1, -0.05) is 42.6 Å². The fourth-order valence-corrected chi connectivity index (χ4v) is 2.39. The summed E-state index contributed by atoms with van der Waals surface area (Å²) in [5, 5.41) is 4.83. The maximum atomic E-state index is 12.0. The van der Waals surface area contributed by atoms with E-state index < -0.39 is 0 Å². The van der Waals surface area contributed by atoms with Gasteiger partial charge in [-0.3, -0.25) is 4.79 Å². The van der Waals surface area contributed by atoms with E-state index in [4.69, 9.17) is 27.9 Å². The van der Waals surface area contributed by atoms with Crippen molar-refractivity contribution >= 4 is 35.3 Å². The monoisotopic (exact) mass is 364 g/mol. The second kappa shape index (κ2) is 9.30. The number of nitrogens with one attached hydrogen (secondary N) is 1. The first-order valence-corrected chi connectivity index (χ1v) is 8.37. The van der Waals surface area contributed by atoms with Crippen molar-refractivity contribution in [1.82, 2.24) is 5.43 Å². The molecule has 0 spiro atoms. The number of amides is 1. The SMILES string of the molecule is CCCCOc1ccc(C(=O)NN=Cc2c(Cl)cccc2Cl)cc1. The molecule has 0 fully saturated rings. The van der Waals surface area contributed by atoms with Crippen molar-refractivity contribution < 1.29 is 9.53 Å². The predicted octanol–water partition coefficient (Wildman–Crippen LogP) is 4.94. The first kappa shape index (κ1) is 18.3. The number of unbranched alkanes of at least 4 members (excludes halogenated alkanes) is 1. The van der Waals surface area contributed by atoms with E-state index in [1.165, 1.54) is 6.21 Å². The Labute approximate surface area is 151 Å². The summed E-state index contributed by atoms with van der Waals surface area (Å²) in [6.45, 7) is 2.78. The number of hydrogen-bond acceptors (Lipinski definition) is 3. The third-order valence-electron chi connectivity index (χ3n) is 3.24. The minimum Gasteiger partial charge on any atom is -0.494 e. The molecule has 0 unspecified atom stereocenters. The highest BCUT2D eigenvalue weighted by atomic mass is 35.5. The minimum absolute atomic E-state index is 0.325. The van der Waals surface area contributed by atoms with Crippen molar-refractivity contribution in [2.45, 2.75) is 19.8 Å². The quantitative estimate of drug-likeness (QED) is 0.429. The minimum atomic E-state index is -0.325. The molecule has 0 aliphatic carbocycles. The topological polar surface area (TPSA) is 50.7 Å². The maximum Gasteiger partial charge on any atom is 0.271 e. The van der Waals surface area contributed by atoms with Crippen molar-refractivity contribution in [3.63, 3.8) is 0 Å². The summed E-state index contributed by atoms with van der Waals surface area (Å²) in [4.78, 5) is 12.0. The summed E-state index contributed by atoms with van der Waals surface area (Å²) >= 11 is 12.1. The molecule has 2 aromatic carbocycles. The zero-order valence-corrected chi connectivity index (χ0v) is 14.8. The molecule has 0 bridgehead atoms. The molecule has 0 aliphatic heterocycles. The smallest absolute Gasteiger partial charge is 0.271 e. The maximum absolute atomic E-state index is 12.0. The van der Waals surface area contributed by atoms with Gasteiger partial charge >= 0.3 is 0 Å². The number of nitrogens with zero attached hydrogens (tertiary/aromatic N) is 1. The van der Waals surface area contributed by atoms with Crippen LogP contribution in [-0.2, 0) is 0 Å². The van der Waals surface area contributed by atoms with Gasteiger partial charge < -0.3 is 4.74 Å². The fourth-order valence-electron chi connectivity index (χ4n) is 1.89. The second-order valence-corrected chi connectivity index (χ2v) is 5.88. The fraction of sp³-hybridized carbons (Fsp3) is 0.222. The van der Waals surface area contributed by atoms with Crippen molar-refractivity contribution in [3.8, 4) is 5.75 Å². The Morgan fingerprint density at radius 3 is 2.46 bits per heavy atom.